The number of hydrogen-bond donors (Lipinski definition) is 1. The lowest BCUT2D eigenvalue weighted by Gasteiger charge is -2.19. The monoisotopic (exact) mass is 256 g/mol. The van der Waals surface area contributed by atoms with Crippen LogP contribution < -0.4 is 4.74 Å². The molecule has 0 aliphatic carbocycles. The highest BCUT2D eigenvalue weighted by Gasteiger charge is 2.26. The normalized spacial score (nSPS) is 11.3. The second kappa shape index (κ2) is 5.41. The summed E-state index contributed by atoms with van der Waals surface area (Å²) in [7, 11) is 1.59. The SMILES string of the molecule is COc1ccc(Cl)cc1CCC(C)(C)C(=O)O. The average molecular weight is 257 g/mol. The van der Waals surface area contributed by atoms with Gasteiger partial charge in [0.2, 0.25) is 0 Å². The van der Waals surface area contributed by atoms with Gasteiger partial charge in [-0.3, -0.25) is 4.79 Å². The molecule has 1 rings (SSSR count). The first kappa shape index (κ1) is 13.8. The molecule has 0 heterocycles. The molecule has 0 atom stereocenters. The molecule has 0 bridgehead atoms. The fourth-order valence-corrected chi connectivity index (χ4v) is 1.69. The number of hydrogen-bond acceptors (Lipinski definition) is 2. The van der Waals surface area contributed by atoms with E-state index in [-0.39, 0.29) is 0 Å². The number of benzene rings is 1. The zero-order valence-corrected chi connectivity index (χ0v) is 11.0. The Hall–Kier alpha value is -1.22. The number of carboxylic acids is 1. The number of rotatable bonds is 5. The lowest BCUT2D eigenvalue weighted by molar-refractivity contribution is -0.147. The van der Waals surface area contributed by atoms with Gasteiger partial charge in [-0.05, 0) is 50.5 Å². The third-order valence-electron chi connectivity index (χ3n) is 2.84. The van der Waals surface area contributed by atoms with E-state index in [0.29, 0.717) is 17.9 Å². The van der Waals surface area contributed by atoms with E-state index in [1.807, 2.05) is 6.07 Å². The molecular formula is C13H17ClO3. The van der Waals surface area contributed by atoms with Crippen molar-refractivity contribution in [1.29, 1.82) is 0 Å². The van der Waals surface area contributed by atoms with Crippen LogP contribution in [0.25, 0.3) is 0 Å². The molecule has 1 aromatic rings. The van der Waals surface area contributed by atoms with Crippen molar-refractivity contribution in [1.82, 2.24) is 0 Å². The number of ether oxygens (including phenoxy) is 1. The minimum Gasteiger partial charge on any atom is -0.496 e. The van der Waals surface area contributed by atoms with Crippen molar-refractivity contribution >= 4 is 17.6 Å². The smallest absolute Gasteiger partial charge is 0.309 e. The van der Waals surface area contributed by atoms with Crippen LogP contribution in [0.4, 0.5) is 0 Å². The third-order valence-corrected chi connectivity index (χ3v) is 3.08. The van der Waals surface area contributed by atoms with Gasteiger partial charge >= 0.3 is 5.97 Å². The summed E-state index contributed by atoms with van der Waals surface area (Å²) in [6.45, 7) is 3.43. The minimum atomic E-state index is -0.793. The largest absolute Gasteiger partial charge is 0.496 e. The van der Waals surface area contributed by atoms with Crippen molar-refractivity contribution in [3.05, 3.63) is 28.8 Å². The molecule has 0 fully saturated rings. The van der Waals surface area contributed by atoms with Crippen LogP contribution in [0.1, 0.15) is 25.8 Å². The summed E-state index contributed by atoms with van der Waals surface area (Å²) in [5.41, 5.74) is 0.196. The summed E-state index contributed by atoms with van der Waals surface area (Å²) in [6, 6.07) is 5.37. The summed E-state index contributed by atoms with van der Waals surface area (Å²) in [5.74, 6) is -0.0471. The molecule has 0 aliphatic rings. The molecule has 3 nitrogen and oxygen atoms in total. The standard InChI is InChI=1S/C13H17ClO3/c1-13(2,12(15)16)7-6-9-8-10(14)4-5-11(9)17-3/h4-5,8H,6-7H2,1-3H3,(H,15,16). The molecular weight excluding hydrogens is 240 g/mol. The maximum atomic E-state index is 11.0. The quantitative estimate of drug-likeness (QED) is 0.878. The first-order chi connectivity index (χ1) is 7.86. The topological polar surface area (TPSA) is 46.5 Å². The van der Waals surface area contributed by atoms with Crippen molar-refractivity contribution in [3.8, 4) is 5.75 Å². The number of halogens is 1. The zero-order chi connectivity index (χ0) is 13.1. The van der Waals surface area contributed by atoms with Crippen LogP contribution in [0.5, 0.6) is 5.75 Å². The van der Waals surface area contributed by atoms with Gasteiger partial charge in [-0.15, -0.1) is 0 Å². The fraction of sp³-hybridized carbons (Fsp3) is 0.462. The Kier molecular flexibility index (Phi) is 4.40. The Balaban J connectivity index is 2.81. The van der Waals surface area contributed by atoms with Gasteiger partial charge in [-0.1, -0.05) is 11.6 Å². The second-order valence-corrected chi connectivity index (χ2v) is 5.08. The highest BCUT2D eigenvalue weighted by atomic mass is 35.5. The van der Waals surface area contributed by atoms with E-state index in [2.05, 4.69) is 0 Å². The number of carboxylic acid groups (broad SMARTS) is 1. The average Bonchev–Trinajstić information content (AvgIpc) is 2.26. The van der Waals surface area contributed by atoms with Crippen molar-refractivity contribution in [2.75, 3.05) is 7.11 Å². The molecule has 0 aromatic heterocycles. The van der Waals surface area contributed by atoms with E-state index in [9.17, 15) is 4.79 Å². The zero-order valence-electron chi connectivity index (χ0n) is 10.3. The van der Waals surface area contributed by atoms with Crippen molar-refractivity contribution in [2.45, 2.75) is 26.7 Å². The fourth-order valence-electron chi connectivity index (χ4n) is 1.50. The summed E-state index contributed by atoms with van der Waals surface area (Å²) in [4.78, 5) is 11.0. The summed E-state index contributed by atoms with van der Waals surface area (Å²) < 4.78 is 5.22. The first-order valence-corrected chi connectivity index (χ1v) is 5.80. The van der Waals surface area contributed by atoms with Gasteiger partial charge in [-0.25, -0.2) is 0 Å². The van der Waals surface area contributed by atoms with E-state index < -0.39 is 11.4 Å². The van der Waals surface area contributed by atoms with Gasteiger partial charge in [0, 0.05) is 5.02 Å². The Morgan fingerprint density at radius 2 is 2.12 bits per heavy atom. The molecule has 94 valence electrons. The predicted molar refractivity (Wildman–Crippen MR) is 67.7 cm³/mol. The van der Waals surface area contributed by atoms with Crippen LogP contribution >= 0.6 is 11.6 Å². The van der Waals surface area contributed by atoms with Crippen LogP contribution in [-0.2, 0) is 11.2 Å². The van der Waals surface area contributed by atoms with Crippen LogP contribution in [0.2, 0.25) is 5.02 Å². The Morgan fingerprint density at radius 3 is 2.65 bits per heavy atom. The maximum Gasteiger partial charge on any atom is 0.309 e. The number of aryl methyl sites for hydroxylation is 1. The van der Waals surface area contributed by atoms with Crippen LogP contribution in [0.3, 0.4) is 0 Å². The summed E-state index contributed by atoms with van der Waals surface area (Å²) >= 11 is 5.91. The van der Waals surface area contributed by atoms with Gasteiger partial charge in [0.05, 0.1) is 12.5 Å². The van der Waals surface area contributed by atoms with E-state index in [4.69, 9.17) is 21.4 Å². The predicted octanol–water partition coefficient (Wildman–Crippen LogP) is 3.39. The van der Waals surface area contributed by atoms with Gasteiger partial charge in [0.25, 0.3) is 0 Å². The lowest BCUT2D eigenvalue weighted by atomic mass is 9.86. The van der Waals surface area contributed by atoms with Crippen LogP contribution in [0.15, 0.2) is 18.2 Å². The molecule has 0 aliphatic heterocycles. The highest BCUT2D eigenvalue weighted by Crippen LogP contribution is 2.28. The molecule has 1 aromatic carbocycles. The van der Waals surface area contributed by atoms with E-state index in [1.54, 1.807) is 33.1 Å². The lowest BCUT2D eigenvalue weighted by Crippen LogP contribution is -2.24. The molecule has 17 heavy (non-hydrogen) atoms. The van der Waals surface area contributed by atoms with Gasteiger partial charge in [0.1, 0.15) is 5.75 Å². The van der Waals surface area contributed by atoms with E-state index in [1.165, 1.54) is 0 Å². The van der Waals surface area contributed by atoms with E-state index >= 15 is 0 Å². The van der Waals surface area contributed by atoms with Crippen molar-refractivity contribution in [2.24, 2.45) is 5.41 Å². The second-order valence-electron chi connectivity index (χ2n) is 4.65. The van der Waals surface area contributed by atoms with Crippen LogP contribution in [-0.4, -0.2) is 18.2 Å². The molecule has 4 heteroatoms. The summed E-state index contributed by atoms with van der Waals surface area (Å²) in [6.07, 6.45) is 1.17. The molecule has 0 saturated carbocycles. The van der Waals surface area contributed by atoms with Crippen molar-refractivity contribution < 1.29 is 14.6 Å². The highest BCUT2D eigenvalue weighted by molar-refractivity contribution is 6.30. The first-order valence-electron chi connectivity index (χ1n) is 5.42. The number of aliphatic carboxylic acids is 1. The minimum absolute atomic E-state index is 0.541. The number of methoxy groups -OCH3 is 1. The van der Waals surface area contributed by atoms with Crippen LogP contribution in [0, 0.1) is 5.41 Å². The third kappa shape index (κ3) is 3.63. The molecule has 0 amide bonds. The van der Waals surface area contributed by atoms with Gasteiger partial charge in [0.15, 0.2) is 0 Å². The molecule has 1 N–H and O–H groups in total. The maximum absolute atomic E-state index is 11.0. The van der Waals surface area contributed by atoms with Gasteiger partial charge < -0.3 is 9.84 Å². The Morgan fingerprint density at radius 1 is 1.47 bits per heavy atom. The number of carbonyl (C=O) groups is 1. The van der Waals surface area contributed by atoms with Gasteiger partial charge in [-0.2, -0.15) is 0 Å². The Bertz CT molecular complexity index is 413. The molecule has 0 saturated heterocycles. The van der Waals surface area contributed by atoms with Crippen molar-refractivity contribution in [3.63, 3.8) is 0 Å². The van der Waals surface area contributed by atoms with E-state index in [0.717, 1.165) is 11.3 Å². The Labute approximate surface area is 106 Å². The summed E-state index contributed by atoms with van der Waals surface area (Å²) in [5, 5.41) is 9.68. The molecule has 0 spiro atoms. The molecule has 0 radical (unpaired) electrons. The molecule has 0 unspecified atom stereocenters.